The molecule has 1 aromatic rings. The molecule has 0 radical (unpaired) electrons. The maximum Gasteiger partial charge on any atom is 0.246 e. The molecule has 1 amide bonds. The average molecular weight is 288 g/mol. The van der Waals surface area contributed by atoms with Crippen molar-refractivity contribution in [1.82, 2.24) is 20.1 Å². The number of hydrogen-bond donors (Lipinski definition) is 1. The summed E-state index contributed by atoms with van der Waals surface area (Å²) in [5.74, 6) is 0.232. The van der Waals surface area contributed by atoms with Gasteiger partial charge in [0, 0.05) is 45.5 Å². The lowest BCUT2D eigenvalue weighted by molar-refractivity contribution is -0.138. The lowest BCUT2D eigenvalue weighted by Crippen LogP contribution is -2.51. The first-order valence-electron chi connectivity index (χ1n) is 8.01. The summed E-state index contributed by atoms with van der Waals surface area (Å²) in [6.45, 7) is 5.48. The quantitative estimate of drug-likeness (QED) is 0.903. The minimum Gasteiger partial charge on any atom is -0.341 e. The molecular formula is C16H24N4O. The fourth-order valence-corrected chi connectivity index (χ4v) is 3.24. The molecule has 1 atom stereocenters. The number of piperazine rings is 1. The van der Waals surface area contributed by atoms with E-state index < -0.39 is 0 Å². The number of hydrogen-bond acceptors (Lipinski definition) is 4. The summed E-state index contributed by atoms with van der Waals surface area (Å²) in [4.78, 5) is 21.8. The maximum atomic E-state index is 13.0. The first-order chi connectivity index (χ1) is 10.4. The van der Waals surface area contributed by atoms with Gasteiger partial charge in [0.2, 0.25) is 5.91 Å². The van der Waals surface area contributed by atoms with E-state index >= 15 is 0 Å². The number of likely N-dealkylation sites (tertiary alicyclic amines) is 1. The highest BCUT2D eigenvalue weighted by Crippen LogP contribution is 2.23. The van der Waals surface area contributed by atoms with Gasteiger partial charge >= 0.3 is 0 Å². The van der Waals surface area contributed by atoms with Crippen molar-refractivity contribution in [2.24, 2.45) is 0 Å². The highest BCUT2D eigenvalue weighted by molar-refractivity contribution is 5.83. The highest BCUT2D eigenvalue weighted by Gasteiger charge is 2.33. The highest BCUT2D eigenvalue weighted by atomic mass is 16.2. The van der Waals surface area contributed by atoms with Crippen LogP contribution in [0.25, 0.3) is 0 Å². The van der Waals surface area contributed by atoms with Crippen molar-refractivity contribution < 1.29 is 4.79 Å². The van der Waals surface area contributed by atoms with Crippen molar-refractivity contribution in [2.45, 2.75) is 25.3 Å². The molecule has 2 saturated heterocycles. The van der Waals surface area contributed by atoms with Crippen LogP contribution in [0, 0.1) is 0 Å². The molecule has 3 heterocycles. The fraction of sp³-hybridized carbons (Fsp3) is 0.625. The number of rotatable bonds is 3. The zero-order valence-corrected chi connectivity index (χ0v) is 12.5. The Morgan fingerprint density at radius 2 is 1.86 bits per heavy atom. The van der Waals surface area contributed by atoms with Gasteiger partial charge < -0.3 is 10.2 Å². The molecule has 5 heteroatoms. The second-order valence-corrected chi connectivity index (χ2v) is 5.83. The number of piperidine rings is 1. The van der Waals surface area contributed by atoms with Crippen molar-refractivity contribution in [1.29, 1.82) is 0 Å². The van der Waals surface area contributed by atoms with Gasteiger partial charge in [0.1, 0.15) is 6.04 Å². The van der Waals surface area contributed by atoms with Crippen LogP contribution < -0.4 is 5.32 Å². The Kier molecular flexibility index (Phi) is 4.83. The van der Waals surface area contributed by atoms with E-state index in [0.717, 1.165) is 57.8 Å². The molecule has 5 nitrogen and oxygen atoms in total. The monoisotopic (exact) mass is 288 g/mol. The lowest BCUT2D eigenvalue weighted by Gasteiger charge is -2.37. The van der Waals surface area contributed by atoms with Crippen LogP contribution in [0.15, 0.2) is 24.4 Å². The van der Waals surface area contributed by atoms with Gasteiger partial charge in [-0.1, -0.05) is 6.07 Å². The van der Waals surface area contributed by atoms with Crippen LogP contribution in [0.1, 0.15) is 31.0 Å². The number of pyridine rings is 1. The number of aromatic nitrogens is 1. The fourth-order valence-electron chi connectivity index (χ4n) is 3.24. The van der Waals surface area contributed by atoms with E-state index in [0.29, 0.717) is 0 Å². The summed E-state index contributed by atoms with van der Waals surface area (Å²) in [7, 11) is 0. The summed E-state index contributed by atoms with van der Waals surface area (Å²) in [6, 6.07) is 5.64. The van der Waals surface area contributed by atoms with Crippen molar-refractivity contribution in [2.75, 3.05) is 39.3 Å². The largest absolute Gasteiger partial charge is 0.341 e. The molecule has 114 valence electrons. The third kappa shape index (κ3) is 3.41. The molecule has 2 aliphatic heterocycles. The third-order valence-electron chi connectivity index (χ3n) is 4.39. The Morgan fingerprint density at radius 1 is 1.10 bits per heavy atom. The zero-order valence-electron chi connectivity index (χ0n) is 12.5. The molecule has 0 saturated carbocycles. The molecule has 0 bridgehead atoms. The van der Waals surface area contributed by atoms with Gasteiger partial charge in [0.15, 0.2) is 0 Å². The second-order valence-electron chi connectivity index (χ2n) is 5.83. The maximum absolute atomic E-state index is 13.0. The summed E-state index contributed by atoms with van der Waals surface area (Å²) >= 11 is 0. The van der Waals surface area contributed by atoms with Crippen LogP contribution in [0.4, 0.5) is 0 Å². The molecule has 1 unspecified atom stereocenters. The van der Waals surface area contributed by atoms with E-state index in [1.54, 1.807) is 6.20 Å². The normalized spacial score (nSPS) is 22.0. The smallest absolute Gasteiger partial charge is 0.246 e. The first kappa shape index (κ1) is 14.5. The number of nitrogens with zero attached hydrogens (tertiary/aromatic N) is 3. The van der Waals surface area contributed by atoms with Gasteiger partial charge in [-0.25, -0.2) is 0 Å². The molecule has 21 heavy (non-hydrogen) atoms. The van der Waals surface area contributed by atoms with Crippen LogP contribution in [-0.2, 0) is 4.79 Å². The lowest BCUT2D eigenvalue weighted by atomic mass is 10.1. The second kappa shape index (κ2) is 7.00. The Bertz CT molecular complexity index is 453. The van der Waals surface area contributed by atoms with Crippen molar-refractivity contribution >= 4 is 5.91 Å². The molecule has 0 aliphatic carbocycles. The van der Waals surface area contributed by atoms with Crippen LogP contribution in [0.5, 0.6) is 0 Å². The minimum atomic E-state index is -0.216. The molecule has 1 N–H and O–H groups in total. The van der Waals surface area contributed by atoms with Crippen molar-refractivity contribution in [3.8, 4) is 0 Å². The summed E-state index contributed by atoms with van der Waals surface area (Å²) in [5.41, 5.74) is 0.884. The van der Waals surface area contributed by atoms with E-state index in [-0.39, 0.29) is 11.9 Å². The van der Waals surface area contributed by atoms with E-state index in [4.69, 9.17) is 0 Å². The van der Waals surface area contributed by atoms with Crippen LogP contribution in [-0.4, -0.2) is 60.0 Å². The SMILES string of the molecule is O=C(C(c1ccccn1)N1CCNCC1)N1CCCCC1. The predicted molar refractivity (Wildman–Crippen MR) is 81.9 cm³/mol. The minimum absolute atomic E-state index is 0.216. The van der Waals surface area contributed by atoms with E-state index in [1.165, 1.54) is 6.42 Å². The Labute approximate surface area is 126 Å². The number of carbonyl (C=O) groups is 1. The predicted octanol–water partition coefficient (Wildman–Crippen LogP) is 1.04. The molecule has 2 fully saturated rings. The Morgan fingerprint density at radius 3 is 2.52 bits per heavy atom. The molecule has 0 aromatic carbocycles. The van der Waals surface area contributed by atoms with Crippen LogP contribution in [0.2, 0.25) is 0 Å². The molecule has 2 aliphatic rings. The van der Waals surface area contributed by atoms with Gasteiger partial charge in [-0.2, -0.15) is 0 Å². The number of amides is 1. The standard InChI is InChI=1S/C16H24N4O/c21-16(20-10-4-1-5-11-20)15(14-6-2-3-7-18-14)19-12-8-17-9-13-19/h2-3,6-7,15,17H,1,4-5,8-13H2. The Hall–Kier alpha value is -1.46. The van der Waals surface area contributed by atoms with Crippen LogP contribution in [0.3, 0.4) is 0 Å². The molecular weight excluding hydrogens is 264 g/mol. The Balaban J connectivity index is 1.82. The summed E-state index contributed by atoms with van der Waals surface area (Å²) in [6.07, 6.45) is 5.28. The summed E-state index contributed by atoms with van der Waals surface area (Å²) < 4.78 is 0. The van der Waals surface area contributed by atoms with E-state index in [2.05, 4.69) is 15.2 Å². The number of carbonyl (C=O) groups excluding carboxylic acids is 1. The third-order valence-corrected chi connectivity index (χ3v) is 4.39. The van der Waals surface area contributed by atoms with Gasteiger partial charge in [0.05, 0.1) is 5.69 Å². The van der Waals surface area contributed by atoms with E-state index in [1.807, 2.05) is 23.1 Å². The molecule has 3 rings (SSSR count). The molecule has 0 spiro atoms. The van der Waals surface area contributed by atoms with Crippen molar-refractivity contribution in [3.05, 3.63) is 30.1 Å². The van der Waals surface area contributed by atoms with Crippen LogP contribution >= 0.6 is 0 Å². The van der Waals surface area contributed by atoms with Gasteiger partial charge in [-0.15, -0.1) is 0 Å². The summed E-state index contributed by atoms with van der Waals surface area (Å²) in [5, 5.41) is 3.35. The van der Waals surface area contributed by atoms with E-state index in [9.17, 15) is 4.79 Å². The van der Waals surface area contributed by atoms with Gasteiger partial charge in [-0.05, 0) is 31.4 Å². The number of nitrogens with one attached hydrogen (secondary N) is 1. The average Bonchev–Trinajstić information content (AvgIpc) is 2.58. The van der Waals surface area contributed by atoms with Crippen molar-refractivity contribution in [3.63, 3.8) is 0 Å². The first-order valence-corrected chi connectivity index (χ1v) is 8.01. The van der Waals surface area contributed by atoms with Gasteiger partial charge in [-0.3, -0.25) is 14.7 Å². The van der Waals surface area contributed by atoms with Gasteiger partial charge in [0.25, 0.3) is 0 Å². The zero-order chi connectivity index (χ0) is 14.5. The molecule has 1 aromatic heterocycles. The topological polar surface area (TPSA) is 48.5 Å².